The molecule has 0 radical (unpaired) electrons. The fourth-order valence-corrected chi connectivity index (χ4v) is 3.72. The summed E-state index contributed by atoms with van der Waals surface area (Å²) in [6.07, 6.45) is 0.0772. The van der Waals surface area contributed by atoms with Crippen LogP contribution < -0.4 is 10.5 Å². The van der Waals surface area contributed by atoms with Crippen LogP contribution in [0, 0.1) is 0 Å². The van der Waals surface area contributed by atoms with Crippen molar-refractivity contribution in [2.75, 3.05) is 5.43 Å². The predicted molar refractivity (Wildman–Crippen MR) is 101 cm³/mol. The number of nitrogens with one attached hydrogen (secondary N) is 1. The second-order valence-corrected chi connectivity index (χ2v) is 7.25. The number of nitrogens with zero attached hydrogens (tertiary/aromatic N) is 1. The number of carbonyl (C=O) groups is 2. The summed E-state index contributed by atoms with van der Waals surface area (Å²) in [6.45, 7) is 0. The fraction of sp³-hybridized carbons (Fsp3) is 0.111. The van der Waals surface area contributed by atoms with Crippen molar-refractivity contribution in [3.05, 3.63) is 69.1 Å². The second-order valence-electron chi connectivity index (χ2n) is 5.46. The maximum atomic E-state index is 12.7. The first-order chi connectivity index (χ1) is 12.5. The lowest BCUT2D eigenvalue weighted by atomic mass is 10.2. The number of aryl methyl sites for hydroxylation is 1. The molecular formula is C18H13Cl2N2O3S-. The average molecular weight is 408 g/mol. The van der Waals surface area contributed by atoms with Crippen LogP contribution in [0.25, 0.3) is 10.6 Å². The number of halogens is 2. The maximum absolute atomic E-state index is 12.7. The highest BCUT2D eigenvalue weighted by Crippen LogP contribution is 2.27. The van der Waals surface area contributed by atoms with Crippen LogP contribution in [-0.4, -0.2) is 16.6 Å². The number of rotatable bonds is 6. The van der Waals surface area contributed by atoms with Crippen LogP contribution >= 0.6 is 34.5 Å². The quantitative estimate of drug-likeness (QED) is 0.678. The van der Waals surface area contributed by atoms with E-state index in [1.807, 2.05) is 23.6 Å². The van der Waals surface area contributed by atoms with E-state index in [4.69, 9.17) is 23.2 Å². The molecule has 0 saturated carbocycles. The van der Waals surface area contributed by atoms with Crippen LogP contribution in [0.4, 0.5) is 0 Å². The van der Waals surface area contributed by atoms with Crippen LogP contribution in [-0.2, 0) is 11.2 Å². The predicted octanol–water partition coefficient (Wildman–Crippen LogP) is 3.59. The van der Waals surface area contributed by atoms with Crippen molar-refractivity contribution < 1.29 is 14.7 Å². The minimum atomic E-state index is -1.15. The van der Waals surface area contributed by atoms with Gasteiger partial charge in [0, 0.05) is 16.7 Å². The molecular weight excluding hydrogens is 395 g/mol. The zero-order chi connectivity index (χ0) is 18.7. The van der Waals surface area contributed by atoms with Crippen LogP contribution in [0.2, 0.25) is 10.0 Å². The monoisotopic (exact) mass is 407 g/mol. The zero-order valence-electron chi connectivity index (χ0n) is 13.4. The minimum Gasteiger partial charge on any atom is -0.550 e. The van der Waals surface area contributed by atoms with Gasteiger partial charge < -0.3 is 9.90 Å². The van der Waals surface area contributed by atoms with Gasteiger partial charge in [-0.2, -0.15) is 0 Å². The van der Waals surface area contributed by atoms with Crippen molar-refractivity contribution in [2.45, 2.75) is 12.8 Å². The normalized spacial score (nSPS) is 10.7. The number of carbonyl (C=O) groups excluding carboxylic acids is 2. The van der Waals surface area contributed by atoms with Gasteiger partial charge in [0.15, 0.2) is 0 Å². The summed E-state index contributed by atoms with van der Waals surface area (Å²) in [5.41, 5.74) is 4.47. The highest BCUT2D eigenvalue weighted by Gasteiger charge is 2.16. The van der Waals surface area contributed by atoms with Crippen molar-refractivity contribution in [3.8, 4) is 10.6 Å². The molecule has 134 valence electrons. The lowest BCUT2D eigenvalue weighted by molar-refractivity contribution is -0.305. The zero-order valence-corrected chi connectivity index (χ0v) is 15.7. The smallest absolute Gasteiger partial charge is 0.271 e. The molecule has 0 aliphatic carbocycles. The van der Waals surface area contributed by atoms with E-state index in [9.17, 15) is 14.7 Å². The Bertz CT molecular complexity index is 952. The number of aliphatic carboxylic acids is 1. The number of carboxylic acid groups (broad SMARTS) is 1. The number of amides is 1. The Balaban J connectivity index is 1.94. The first-order valence-electron chi connectivity index (χ1n) is 7.66. The van der Waals surface area contributed by atoms with E-state index >= 15 is 0 Å². The molecule has 26 heavy (non-hydrogen) atoms. The largest absolute Gasteiger partial charge is 0.550 e. The third-order valence-corrected chi connectivity index (χ3v) is 5.15. The standard InChI is InChI=1S/C18H14Cl2N2O3S/c19-11-3-6-13(14(20)10-11)18(25)21-22-12(5-8-17(23)24)4-7-15(22)16-2-1-9-26-16/h1-4,6-7,9-10H,5,8H2,(H,21,25)(H,23,24)/p-1. The van der Waals surface area contributed by atoms with Gasteiger partial charge in [-0.1, -0.05) is 29.3 Å². The molecule has 0 atom stereocenters. The summed E-state index contributed by atoms with van der Waals surface area (Å²) >= 11 is 13.5. The Morgan fingerprint density at radius 1 is 1.15 bits per heavy atom. The summed E-state index contributed by atoms with van der Waals surface area (Å²) in [5, 5.41) is 13.4. The summed E-state index contributed by atoms with van der Waals surface area (Å²) in [4.78, 5) is 24.4. The topological polar surface area (TPSA) is 74.2 Å². The van der Waals surface area contributed by atoms with E-state index in [1.54, 1.807) is 16.8 Å². The van der Waals surface area contributed by atoms with Gasteiger partial charge in [0.05, 0.1) is 21.2 Å². The van der Waals surface area contributed by atoms with Gasteiger partial charge in [-0.05, 0) is 54.6 Å². The average Bonchev–Trinajstić information content (AvgIpc) is 3.22. The molecule has 0 bridgehead atoms. The summed E-state index contributed by atoms with van der Waals surface area (Å²) in [5.74, 6) is -1.57. The molecule has 0 aliphatic rings. The number of thiophene rings is 1. The molecule has 2 aromatic heterocycles. The number of carboxylic acids is 1. The molecule has 1 amide bonds. The van der Waals surface area contributed by atoms with E-state index in [2.05, 4.69) is 5.43 Å². The van der Waals surface area contributed by atoms with E-state index in [1.165, 1.54) is 23.5 Å². The molecule has 5 nitrogen and oxygen atoms in total. The fourth-order valence-electron chi connectivity index (χ4n) is 2.49. The molecule has 2 heterocycles. The van der Waals surface area contributed by atoms with Gasteiger partial charge in [0.25, 0.3) is 5.91 Å². The van der Waals surface area contributed by atoms with Gasteiger partial charge >= 0.3 is 0 Å². The number of hydrogen-bond donors (Lipinski definition) is 1. The molecule has 3 aromatic rings. The SMILES string of the molecule is O=C([O-])CCc1ccc(-c2cccs2)n1NC(=O)c1ccc(Cl)cc1Cl. The van der Waals surface area contributed by atoms with Crippen LogP contribution in [0.5, 0.6) is 0 Å². The van der Waals surface area contributed by atoms with Crippen molar-refractivity contribution >= 4 is 46.4 Å². The first kappa shape index (κ1) is 18.5. The molecule has 0 spiro atoms. The van der Waals surface area contributed by atoms with E-state index in [-0.39, 0.29) is 23.4 Å². The molecule has 1 N–H and O–H groups in total. The first-order valence-corrected chi connectivity index (χ1v) is 9.30. The summed E-state index contributed by atoms with van der Waals surface area (Å²) in [6, 6.07) is 12.0. The van der Waals surface area contributed by atoms with Gasteiger partial charge in [-0.25, -0.2) is 0 Å². The van der Waals surface area contributed by atoms with Crippen molar-refractivity contribution in [1.82, 2.24) is 4.68 Å². The lowest BCUT2D eigenvalue weighted by Gasteiger charge is -2.15. The molecule has 0 aliphatic heterocycles. The van der Waals surface area contributed by atoms with Crippen molar-refractivity contribution in [1.29, 1.82) is 0 Å². The van der Waals surface area contributed by atoms with Crippen molar-refractivity contribution in [2.24, 2.45) is 0 Å². The lowest BCUT2D eigenvalue weighted by Crippen LogP contribution is -2.27. The number of hydrogen-bond acceptors (Lipinski definition) is 4. The molecule has 0 fully saturated rings. The number of benzene rings is 1. The van der Waals surface area contributed by atoms with Gasteiger partial charge in [-0.15, -0.1) is 11.3 Å². The third-order valence-electron chi connectivity index (χ3n) is 3.71. The van der Waals surface area contributed by atoms with Gasteiger partial charge in [0.2, 0.25) is 0 Å². The summed E-state index contributed by atoms with van der Waals surface area (Å²) in [7, 11) is 0. The Labute approximate surface area is 163 Å². The molecule has 1 aromatic carbocycles. The van der Waals surface area contributed by atoms with Crippen LogP contribution in [0.15, 0.2) is 47.8 Å². The molecule has 0 saturated heterocycles. The highest BCUT2D eigenvalue weighted by atomic mass is 35.5. The minimum absolute atomic E-state index is 0.147. The third kappa shape index (κ3) is 4.09. The Kier molecular flexibility index (Phi) is 5.66. The molecule has 0 unspecified atom stereocenters. The van der Waals surface area contributed by atoms with Gasteiger partial charge in [-0.3, -0.25) is 14.9 Å². The summed E-state index contributed by atoms with van der Waals surface area (Å²) < 4.78 is 1.59. The van der Waals surface area contributed by atoms with Crippen LogP contribution in [0.3, 0.4) is 0 Å². The second kappa shape index (κ2) is 7.95. The molecule has 8 heteroatoms. The Hall–Kier alpha value is -2.28. The highest BCUT2D eigenvalue weighted by molar-refractivity contribution is 7.13. The number of aromatic nitrogens is 1. The van der Waals surface area contributed by atoms with Gasteiger partial charge in [0.1, 0.15) is 0 Å². The van der Waals surface area contributed by atoms with Crippen LogP contribution in [0.1, 0.15) is 22.5 Å². The van der Waals surface area contributed by atoms with E-state index < -0.39 is 11.9 Å². The molecule has 3 rings (SSSR count). The van der Waals surface area contributed by atoms with E-state index in [0.717, 1.165) is 10.6 Å². The van der Waals surface area contributed by atoms with Crippen molar-refractivity contribution in [3.63, 3.8) is 0 Å². The van der Waals surface area contributed by atoms with E-state index in [0.29, 0.717) is 10.7 Å². The Morgan fingerprint density at radius 2 is 1.96 bits per heavy atom. The Morgan fingerprint density at radius 3 is 2.62 bits per heavy atom. The maximum Gasteiger partial charge on any atom is 0.271 e.